The minimum atomic E-state index is -0.287. The number of ketones is 1. The van der Waals surface area contributed by atoms with Gasteiger partial charge in [0.1, 0.15) is 5.78 Å². The van der Waals surface area contributed by atoms with Crippen LogP contribution in [0.5, 0.6) is 0 Å². The zero-order valence-electron chi connectivity index (χ0n) is 6.30. The molecule has 3 heteroatoms. The Labute approximate surface area is 71.8 Å². The standard InChI is InChI=1S/C7H10OS2/c1-4(8)7(5(2)9)6(3)10/h7H,1-3H3. The summed E-state index contributed by atoms with van der Waals surface area (Å²) >= 11 is 9.72. The third kappa shape index (κ3) is 2.62. The minimum Gasteiger partial charge on any atom is -0.299 e. The molecule has 0 aromatic rings. The smallest absolute Gasteiger partial charge is 0.142 e. The Kier molecular flexibility index (Phi) is 3.83. The van der Waals surface area contributed by atoms with E-state index in [0.717, 1.165) is 0 Å². The molecule has 0 radical (unpaired) electrons. The lowest BCUT2D eigenvalue weighted by Crippen LogP contribution is -2.24. The quantitative estimate of drug-likeness (QED) is 0.609. The summed E-state index contributed by atoms with van der Waals surface area (Å²) in [5.74, 6) is -0.245. The van der Waals surface area contributed by atoms with Crippen molar-refractivity contribution in [2.24, 2.45) is 5.92 Å². The Morgan fingerprint density at radius 2 is 1.40 bits per heavy atom. The SMILES string of the molecule is CC(=O)C(C(C)=S)C(C)=S. The molecule has 56 valence electrons. The van der Waals surface area contributed by atoms with Gasteiger partial charge in [0.25, 0.3) is 0 Å². The van der Waals surface area contributed by atoms with Crippen LogP contribution in [0.15, 0.2) is 0 Å². The first-order valence-corrected chi connectivity index (χ1v) is 3.79. The first kappa shape index (κ1) is 9.85. The van der Waals surface area contributed by atoms with Crippen LogP contribution >= 0.6 is 24.4 Å². The van der Waals surface area contributed by atoms with Crippen molar-refractivity contribution in [2.75, 3.05) is 0 Å². The second-order valence-electron chi connectivity index (χ2n) is 2.26. The van der Waals surface area contributed by atoms with Gasteiger partial charge in [-0.3, -0.25) is 4.79 Å². The second-order valence-corrected chi connectivity index (χ2v) is 3.55. The molecule has 0 saturated heterocycles. The van der Waals surface area contributed by atoms with Gasteiger partial charge in [-0.15, -0.1) is 0 Å². The molecule has 0 saturated carbocycles. The largest absolute Gasteiger partial charge is 0.299 e. The number of rotatable bonds is 3. The average molecular weight is 174 g/mol. The summed E-state index contributed by atoms with van der Waals surface area (Å²) in [5, 5.41) is 0. The van der Waals surface area contributed by atoms with Crippen LogP contribution in [-0.4, -0.2) is 15.5 Å². The van der Waals surface area contributed by atoms with Crippen LogP contribution in [0.25, 0.3) is 0 Å². The molecule has 0 bridgehead atoms. The molecule has 0 fully saturated rings. The normalized spacial score (nSPS) is 9.60. The molecular formula is C7H10OS2. The van der Waals surface area contributed by atoms with Crippen LogP contribution in [0.4, 0.5) is 0 Å². The van der Waals surface area contributed by atoms with Crippen molar-refractivity contribution in [3.05, 3.63) is 0 Å². The van der Waals surface area contributed by atoms with E-state index >= 15 is 0 Å². The van der Waals surface area contributed by atoms with E-state index in [1.54, 1.807) is 13.8 Å². The van der Waals surface area contributed by atoms with Gasteiger partial charge in [-0.25, -0.2) is 0 Å². The highest BCUT2D eigenvalue weighted by molar-refractivity contribution is 7.82. The molecule has 0 rings (SSSR count). The number of thiocarbonyl (C=S) groups is 2. The first-order chi connectivity index (χ1) is 4.46. The number of hydrogen-bond donors (Lipinski definition) is 0. The fraction of sp³-hybridized carbons (Fsp3) is 0.571. The zero-order chi connectivity index (χ0) is 8.31. The highest BCUT2D eigenvalue weighted by atomic mass is 32.1. The van der Waals surface area contributed by atoms with E-state index in [9.17, 15) is 4.79 Å². The average Bonchev–Trinajstić information content (AvgIpc) is 1.59. The summed E-state index contributed by atoms with van der Waals surface area (Å²) in [4.78, 5) is 12.2. The van der Waals surface area contributed by atoms with E-state index in [-0.39, 0.29) is 11.7 Å². The van der Waals surface area contributed by atoms with Gasteiger partial charge in [0, 0.05) is 9.73 Å². The third-order valence-corrected chi connectivity index (χ3v) is 1.69. The maximum Gasteiger partial charge on any atom is 0.142 e. The minimum absolute atomic E-state index is 0.0417. The van der Waals surface area contributed by atoms with Crippen LogP contribution < -0.4 is 0 Å². The van der Waals surface area contributed by atoms with Gasteiger partial charge in [-0.2, -0.15) is 0 Å². The van der Waals surface area contributed by atoms with Gasteiger partial charge in [0.2, 0.25) is 0 Å². The van der Waals surface area contributed by atoms with Crippen molar-refractivity contribution < 1.29 is 4.79 Å². The predicted octanol–water partition coefficient (Wildman–Crippen LogP) is 1.97. The molecule has 0 aliphatic heterocycles. The van der Waals surface area contributed by atoms with E-state index < -0.39 is 0 Å². The van der Waals surface area contributed by atoms with Crippen LogP contribution in [0.1, 0.15) is 20.8 Å². The molecule has 0 unspecified atom stereocenters. The Hall–Kier alpha value is -0.150. The van der Waals surface area contributed by atoms with E-state index in [1.165, 1.54) is 6.92 Å². The fourth-order valence-electron chi connectivity index (χ4n) is 0.859. The zero-order valence-corrected chi connectivity index (χ0v) is 7.94. The lowest BCUT2D eigenvalue weighted by atomic mass is 9.99. The van der Waals surface area contributed by atoms with Crippen molar-refractivity contribution in [3.63, 3.8) is 0 Å². The van der Waals surface area contributed by atoms with Crippen LogP contribution in [0.3, 0.4) is 0 Å². The molecular weight excluding hydrogens is 164 g/mol. The maximum atomic E-state index is 10.9. The fourth-order valence-corrected chi connectivity index (χ4v) is 1.62. The molecule has 0 aromatic carbocycles. The Balaban J connectivity index is 4.43. The van der Waals surface area contributed by atoms with Gasteiger partial charge in [0.15, 0.2) is 0 Å². The van der Waals surface area contributed by atoms with E-state index in [4.69, 9.17) is 24.4 Å². The Bertz CT molecular complexity index is 151. The molecule has 0 heterocycles. The molecule has 0 amide bonds. The van der Waals surface area contributed by atoms with Gasteiger partial charge in [-0.1, -0.05) is 24.4 Å². The highest BCUT2D eigenvalue weighted by Crippen LogP contribution is 2.04. The number of hydrogen-bond acceptors (Lipinski definition) is 3. The topological polar surface area (TPSA) is 17.1 Å². The van der Waals surface area contributed by atoms with Crippen molar-refractivity contribution in [1.82, 2.24) is 0 Å². The molecule has 0 atom stereocenters. The summed E-state index contributed by atoms with van der Waals surface area (Å²) in [6.07, 6.45) is 0. The number of Topliss-reactive ketones (excluding diaryl/α,β-unsaturated/α-hetero) is 1. The molecule has 10 heavy (non-hydrogen) atoms. The van der Waals surface area contributed by atoms with E-state index in [2.05, 4.69) is 0 Å². The molecule has 1 nitrogen and oxygen atoms in total. The Morgan fingerprint density at radius 1 is 1.10 bits per heavy atom. The summed E-state index contributed by atoms with van der Waals surface area (Å²) in [6, 6.07) is 0. The molecule has 0 aliphatic carbocycles. The molecule has 0 spiro atoms. The lowest BCUT2D eigenvalue weighted by molar-refractivity contribution is -0.117. The number of carbonyl (C=O) groups excluding carboxylic acids is 1. The van der Waals surface area contributed by atoms with Gasteiger partial charge in [0.05, 0.1) is 5.92 Å². The molecule has 0 aromatic heterocycles. The third-order valence-electron chi connectivity index (χ3n) is 1.22. The first-order valence-electron chi connectivity index (χ1n) is 2.98. The predicted molar refractivity (Wildman–Crippen MR) is 50.7 cm³/mol. The van der Waals surface area contributed by atoms with Crippen molar-refractivity contribution in [2.45, 2.75) is 20.8 Å². The van der Waals surface area contributed by atoms with Gasteiger partial charge >= 0.3 is 0 Å². The number of carbonyl (C=O) groups is 1. The van der Waals surface area contributed by atoms with Gasteiger partial charge < -0.3 is 0 Å². The molecule has 0 aliphatic rings. The van der Waals surface area contributed by atoms with E-state index in [0.29, 0.717) is 9.73 Å². The van der Waals surface area contributed by atoms with Crippen molar-refractivity contribution >= 4 is 39.9 Å². The summed E-state index contributed by atoms with van der Waals surface area (Å²) in [6.45, 7) is 5.00. The highest BCUT2D eigenvalue weighted by Gasteiger charge is 2.17. The van der Waals surface area contributed by atoms with Crippen LogP contribution in [-0.2, 0) is 4.79 Å². The maximum absolute atomic E-state index is 10.9. The summed E-state index contributed by atoms with van der Waals surface area (Å²) in [7, 11) is 0. The van der Waals surface area contributed by atoms with Crippen LogP contribution in [0, 0.1) is 5.92 Å². The van der Waals surface area contributed by atoms with Gasteiger partial charge in [-0.05, 0) is 20.8 Å². The van der Waals surface area contributed by atoms with Crippen molar-refractivity contribution in [3.8, 4) is 0 Å². The molecule has 0 N–H and O–H groups in total. The van der Waals surface area contributed by atoms with E-state index in [1.807, 2.05) is 0 Å². The Morgan fingerprint density at radius 3 is 1.40 bits per heavy atom. The lowest BCUT2D eigenvalue weighted by Gasteiger charge is -2.08. The monoisotopic (exact) mass is 174 g/mol. The second kappa shape index (κ2) is 3.88. The van der Waals surface area contributed by atoms with Crippen molar-refractivity contribution in [1.29, 1.82) is 0 Å². The summed E-state index contributed by atoms with van der Waals surface area (Å²) < 4.78 is 0. The van der Waals surface area contributed by atoms with Crippen LogP contribution in [0.2, 0.25) is 0 Å². The summed E-state index contributed by atoms with van der Waals surface area (Å²) in [5.41, 5.74) is 0.